The van der Waals surface area contributed by atoms with Gasteiger partial charge in [0, 0.05) is 21.9 Å². The lowest BCUT2D eigenvalue weighted by atomic mass is 10.0. The van der Waals surface area contributed by atoms with E-state index in [1.807, 2.05) is 60.7 Å². The van der Waals surface area contributed by atoms with Gasteiger partial charge in [-0.2, -0.15) is 9.97 Å². The molecular formula is C39H24N4O. The minimum absolute atomic E-state index is 0.558. The first-order valence-corrected chi connectivity index (χ1v) is 14.6. The Kier molecular flexibility index (Phi) is 5.43. The first-order valence-electron chi connectivity index (χ1n) is 14.6. The maximum Gasteiger partial charge on any atom is 0.238 e. The van der Waals surface area contributed by atoms with Gasteiger partial charge in [-0.25, -0.2) is 4.98 Å². The molecule has 0 unspecified atom stereocenters. The monoisotopic (exact) mass is 564 g/mol. The van der Waals surface area contributed by atoms with Crippen molar-refractivity contribution in [1.29, 1.82) is 0 Å². The van der Waals surface area contributed by atoms with E-state index in [2.05, 4.69) is 89.5 Å². The minimum Gasteiger partial charge on any atom is -0.456 e. The second-order valence-electron chi connectivity index (χ2n) is 10.9. The molecule has 0 aliphatic heterocycles. The zero-order chi connectivity index (χ0) is 29.0. The molecule has 5 heteroatoms. The molecule has 3 heterocycles. The van der Waals surface area contributed by atoms with Crippen LogP contribution in [0.15, 0.2) is 150 Å². The van der Waals surface area contributed by atoms with Crippen molar-refractivity contribution >= 4 is 43.7 Å². The standard InChI is InChI=1S/C39H24N4O/c1-3-12-25(13-4-1)27-16-9-17-28(24-27)38-40-37(26-14-5-2-6-15-26)41-39(42-38)43-31-20-10-19-30-29-18-7-8-22-33(29)44-34-23-11-21-32(43)36(34)35(30)31/h1-24H. The van der Waals surface area contributed by atoms with Crippen LogP contribution in [0.3, 0.4) is 0 Å². The molecule has 6 aromatic carbocycles. The van der Waals surface area contributed by atoms with Gasteiger partial charge in [-0.1, -0.05) is 115 Å². The minimum atomic E-state index is 0.558. The third-order valence-electron chi connectivity index (χ3n) is 8.26. The summed E-state index contributed by atoms with van der Waals surface area (Å²) in [6, 6.07) is 49.6. The summed E-state index contributed by atoms with van der Waals surface area (Å²) in [4.78, 5) is 15.3. The second kappa shape index (κ2) is 9.75. The van der Waals surface area contributed by atoms with Gasteiger partial charge in [0.25, 0.3) is 0 Å². The molecule has 0 amide bonds. The summed E-state index contributed by atoms with van der Waals surface area (Å²) in [5.74, 6) is 1.79. The normalized spacial score (nSPS) is 11.6. The lowest BCUT2D eigenvalue weighted by Gasteiger charge is -2.12. The van der Waals surface area contributed by atoms with Crippen LogP contribution in [0.4, 0.5) is 0 Å². The van der Waals surface area contributed by atoms with Gasteiger partial charge < -0.3 is 4.42 Å². The first kappa shape index (κ1) is 24.5. The number of nitrogens with zero attached hydrogens (tertiary/aromatic N) is 4. The Labute approximate surface area is 252 Å². The average Bonchev–Trinajstić information content (AvgIpc) is 3.36. The summed E-state index contributed by atoms with van der Waals surface area (Å²) in [7, 11) is 0. The summed E-state index contributed by atoms with van der Waals surface area (Å²) in [5.41, 5.74) is 7.76. The third kappa shape index (κ3) is 3.83. The highest BCUT2D eigenvalue weighted by atomic mass is 16.3. The van der Waals surface area contributed by atoms with Gasteiger partial charge in [-0.05, 0) is 46.8 Å². The Morgan fingerprint density at radius 1 is 0.409 bits per heavy atom. The van der Waals surface area contributed by atoms with Crippen molar-refractivity contribution in [3.63, 3.8) is 0 Å². The number of hydrogen-bond acceptors (Lipinski definition) is 4. The van der Waals surface area contributed by atoms with E-state index in [-0.39, 0.29) is 0 Å². The second-order valence-corrected chi connectivity index (χ2v) is 10.9. The van der Waals surface area contributed by atoms with Crippen molar-refractivity contribution in [2.24, 2.45) is 0 Å². The van der Waals surface area contributed by atoms with Gasteiger partial charge in [-0.15, -0.1) is 0 Å². The van der Waals surface area contributed by atoms with E-state index in [1.165, 1.54) is 0 Å². The highest BCUT2D eigenvalue weighted by Crippen LogP contribution is 2.40. The van der Waals surface area contributed by atoms with Crippen molar-refractivity contribution in [3.8, 4) is 39.9 Å². The fourth-order valence-corrected chi connectivity index (χ4v) is 6.28. The summed E-state index contributed by atoms with van der Waals surface area (Å²) in [6.45, 7) is 0. The summed E-state index contributed by atoms with van der Waals surface area (Å²) >= 11 is 0. The quantitative estimate of drug-likeness (QED) is 0.213. The fraction of sp³-hybridized carbons (Fsp3) is 0. The topological polar surface area (TPSA) is 56.7 Å². The molecule has 0 N–H and O–H groups in total. The number of para-hydroxylation sites is 1. The Hall–Kier alpha value is -6.07. The van der Waals surface area contributed by atoms with E-state index in [4.69, 9.17) is 19.4 Å². The largest absolute Gasteiger partial charge is 0.456 e. The smallest absolute Gasteiger partial charge is 0.238 e. The molecule has 3 aromatic heterocycles. The third-order valence-corrected chi connectivity index (χ3v) is 8.26. The summed E-state index contributed by atoms with van der Waals surface area (Å²) in [6.07, 6.45) is 0. The van der Waals surface area contributed by atoms with Crippen LogP contribution in [-0.2, 0) is 0 Å². The van der Waals surface area contributed by atoms with Crippen LogP contribution in [0.5, 0.6) is 0 Å². The molecular weight excluding hydrogens is 540 g/mol. The van der Waals surface area contributed by atoms with Gasteiger partial charge in [0.2, 0.25) is 5.95 Å². The molecule has 44 heavy (non-hydrogen) atoms. The van der Waals surface area contributed by atoms with Crippen LogP contribution in [0.1, 0.15) is 0 Å². The fourth-order valence-electron chi connectivity index (χ4n) is 6.28. The number of benzene rings is 6. The molecule has 206 valence electrons. The maximum atomic E-state index is 6.54. The number of aromatic nitrogens is 4. The van der Waals surface area contributed by atoms with Gasteiger partial charge in [-0.3, -0.25) is 4.57 Å². The highest BCUT2D eigenvalue weighted by Gasteiger charge is 2.21. The zero-order valence-corrected chi connectivity index (χ0v) is 23.6. The molecule has 9 rings (SSSR count). The molecule has 0 spiro atoms. The van der Waals surface area contributed by atoms with E-state index in [0.717, 1.165) is 66.0 Å². The molecule has 0 fully saturated rings. The average molecular weight is 565 g/mol. The Morgan fingerprint density at radius 2 is 0.977 bits per heavy atom. The van der Waals surface area contributed by atoms with Crippen LogP contribution in [0, 0.1) is 0 Å². The molecule has 0 radical (unpaired) electrons. The van der Waals surface area contributed by atoms with Gasteiger partial charge in [0.05, 0.1) is 16.4 Å². The number of hydrogen-bond donors (Lipinski definition) is 0. The molecule has 0 bridgehead atoms. The van der Waals surface area contributed by atoms with E-state index in [1.54, 1.807) is 0 Å². The van der Waals surface area contributed by atoms with Gasteiger partial charge in [0.15, 0.2) is 11.6 Å². The molecule has 9 aromatic rings. The summed E-state index contributed by atoms with van der Waals surface area (Å²) < 4.78 is 8.69. The maximum absolute atomic E-state index is 6.54. The molecule has 0 aliphatic rings. The van der Waals surface area contributed by atoms with Crippen LogP contribution in [0.2, 0.25) is 0 Å². The van der Waals surface area contributed by atoms with Crippen LogP contribution in [0.25, 0.3) is 83.6 Å². The van der Waals surface area contributed by atoms with E-state index in [9.17, 15) is 0 Å². The molecule has 0 atom stereocenters. The van der Waals surface area contributed by atoms with Crippen LogP contribution in [-0.4, -0.2) is 19.5 Å². The lowest BCUT2D eigenvalue weighted by molar-refractivity contribution is 0.664. The Bertz CT molecular complexity index is 2490. The molecule has 0 saturated carbocycles. The van der Waals surface area contributed by atoms with Gasteiger partial charge in [0.1, 0.15) is 11.2 Å². The molecule has 0 aliphatic carbocycles. The predicted octanol–water partition coefficient (Wildman–Crippen LogP) is 9.87. The van der Waals surface area contributed by atoms with Crippen molar-refractivity contribution in [2.45, 2.75) is 0 Å². The van der Waals surface area contributed by atoms with Crippen molar-refractivity contribution in [1.82, 2.24) is 19.5 Å². The van der Waals surface area contributed by atoms with Crippen molar-refractivity contribution in [3.05, 3.63) is 146 Å². The Balaban J connectivity index is 1.36. The SMILES string of the molecule is c1ccc(-c2cccc(-c3nc(-c4ccccc4)nc(-n4c5cccc6oc7ccccc7c7cccc4c7c65)n3)c2)cc1. The highest BCUT2D eigenvalue weighted by molar-refractivity contribution is 6.26. The molecule has 5 nitrogen and oxygen atoms in total. The van der Waals surface area contributed by atoms with E-state index >= 15 is 0 Å². The van der Waals surface area contributed by atoms with Crippen LogP contribution >= 0.6 is 0 Å². The summed E-state index contributed by atoms with van der Waals surface area (Å²) in [5, 5.41) is 4.35. The van der Waals surface area contributed by atoms with E-state index < -0.39 is 0 Å². The zero-order valence-electron chi connectivity index (χ0n) is 23.6. The number of fused-ring (bicyclic) bond motifs is 2. The lowest BCUT2D eigenvalue weighted by Crippen LogP contribution is -2.06. The first-order chi connectivity index (χ1) is 21.8. The van der Waals surface area contributed by atoms with Gasteiger partial charge >= 0.3 is 0 Å². The van der Waals surface area contributed by atoms with Crippen LogP contribution < -0.4 is 0 Å². The van der Waals surface area contributed by atoms with E-state index in [0.29, 0.717) is 17.6 Å². The Morgan fingerprint density at radius 3 is 1.80 bits per heavy atom. The van der Waals surface area contributed by atoms with Crippen molar-refractivity contribution < 1.29 is 4.42 Å². The number of rotatable bonds is 4. The predicted molar refractivity (Wildman–Crippen MR) is 178 cm³/mol. The van der Waals surface area contributed by atoms with Crippen molar-refractivity contribution in [2.75, 3.05) is 0 Å². The molecule has 0 saturated heterocycles.